The Balaban J connectivity index is 1.75. The first-order valence-corrected chi connectivity index (χ1v) is 7.28. The third-order valence-corrected chi connectivity index (χ3v) is 3.72. The number of nitriles is 1. The van der Waals surface area contributed by atoms with Gasteiger partial charge in [0.2, 0.25) is 5.95 Å². The van der Waals surface area contributed by atoms with Gasteiger partial charge in [0.05, 0.1) is 11.6 Å². The summed E-state index contributed by atoms with van der Waals surface area (Å²) in [6.45, 7) is 4.02. The lowest BCUT2D eigenvalue weighted by atomic mass is 10.2. The molecule has 0 bridgehead atoms. The fourth-order valence-corrected chi connectivity index (χ4v) is 2.42. The monoisotopic (exact) mass is 294 g/mol. The molecule has 0 radical (unpaired) electrons. The largest absolute Gasteiger partial charge is 0.354 e. The van der Waals surface area contributed by atoms with Crippen molar-refractivity contribution in [2.45, 2.75) is 0 Å². The average molecular weight is 294 g/mol. The number of hydrogen-bond donors (Lipinski definition) is 1. The summed E-state index contributed by atoms with van der Waals surface area (Å²) in [5.41, 5.74) is 1.43. The maximum Gasteiger partial charge on any atom is 0.229 e. The zero-order valence-corrected chi connectivity index (χ0v) is 12.5. The number of nitrogens with zero attached hydrogens (tertiary/aromatic N) is 5. The predicted molar refractivity (Wildman–Crippen MR) is 86.2 cm³/mol. The van der Waals surface area contributed by atoms with Crippen molar-refractivity contribution in [1.82, 2.24) is 14.9 Å². The number of benzene rings is 1. The highest BCUT2D eigenvalue weighted by Gasteiger charge is 2.15. The summed E-state index contributed by atoms with van der Waals surface area (Å²) in [5.74, 6) is 1.48. The van der Waals surface area contributed by atoms with E-state index in [9.17, 15) is 0 Å². The molecule has 112 valence electrons. The quantitative estimate of drug-likeness (QED) is 0.931. The van der Waals surface area contributed by atoms with Crippen LogP contribution in [-0.2, 0) is 0 Å². The summed E-state index contributed by atoms with van der Waals surface area (Å²) in [5, 5.41) is 12.1. The smallest absolute Gasteiger partial charge is 0.229 e. The van der Waals surface area contributed by atoms with Gasteiger partial charge in [-0.2, -0.15) is 10.2 Å². The lowest BCUT2D eigenvalue weighted by molar-refractivity contribution is 0.312. The minimum Gasteiger partial charge on any atom is -0.354 e. The molecule has 1 N–H and O–H groups in total. The van der Waals surface area contributed by atoms with Gasteiger partial charge in [-0.3, -0.25) is 0 Å². The number of anilines is 3. The molecule has 0 aliphatic carbocycles. The lowest BCUT2D eigenvalue weighted by Crippen LogP contribution is -2.44. The van der Waals surface area contributed by atoms with Crippen LogP contribution >= 0.6 is 0 Å². The number of likely N-dealkylation sites (N-methyl/N-ethyl adjacent to an activating group) is 1. The molecule has 1 saturated heterocycles. The summed E-state index contributed by atoms with van der Waals surface area (Å²) < 4.78 is 0. The second kappa shape index (κ2) is 6.41. The molecule has 0 amide bonds. The van der Waals surface area contributed by atoms with E-state index in [1.54, 1.807) is 18.3 Å². The van der Waals surface area contributed by atoms with Crippen LogP contribution in [0.25, 0.3) is 0 Å². The van der Waals surface area contributed by atoms with Gasteiger partial charge >= 0.3 is 0 Å². The van der Waals surface area contributed by atoms with Crippen LogP contribution in [0.4, 0.5) is 17.5 Å². The van der Waals surface area contributed by atoms with Gasteiger partial charge < -0.3 is 15.1 Å². The van der Waals surface area contributed by atoms with Crippen LogP contribution in [-0.4, -0.2) is 48.1 Å². The van der Waals surface area contributed by atoms with Gasteiger partial charge in [0, 0.05) is 38.1 Å². The molecule has 22 heavy (non-hydrogen) atoms. The molecule has 1 aliphatic heterocycles. The van der Waals surface area contributed by atoms with Crippen LogP contribution in [0.1, 0.15) is 5.56 Å². The zero-order valence-electron chi connectivity index (χ0n) is 12.5. The first-order valence-electron chi connectivity index (χ1n) is 7.28. The zero-order chi connectivity index (χ0) is 15.4. The van der Waals surface area contributed by atoms with Crippen LogP contribution in [0.2, 0.25) is 0 Å². The maximum atomic E-state index is 8.94. The van der Waals surface area contributed by atoms with Gasteiger partial charge in [-0.15, -0.1) is 0 Å². The van der Waals surface area contributed by atoms with Crippen molar-refractivity contribution < 1.29 is 0 Å². The predicted octanol–water partition coefficient (Wildman–Crippen LogP) is 1.84. The fourth-order valence-electron chi connectivity index (χ4n) is 2.42. The van der Waals surface area contributed by atoms with E-state index >= 15 is 0 Å². The first-order chi connectivity index (χ1) is 10.7. The molecule has 6 nitrogen and oxygen atoms in total. The van der Waals surface area contributed by atoms with E-state index in [1.807, 2.05) is 18.2 Å². The Bertz CT molecular complexity index is 685. The van der Waals surface area contributed by atoms with E-state index in [0.717, 1.165) is 37.7 Å². The molecule has 6 heteroatoms. The molecular weight excluding hydrogens is 276 g/mol. The van der Waals surface area contributed by atoms with E-state index < -0.39 is 0 Å². The van der Waals surface area contributed by atoms with E-state index in [-0.39, 0.29) is 0 Å². The van der Waals surface area contributed by atoms with Crippen LogP contribution in [0.15, 0.2) is 36.5 Å². The normalized spacial score (nSPS) is 15.4. The van der Waals surface area contributed by atoms with Gasteiger partial charge in [0.25, 0.3) is 0 Å². The Hall–Kier alpha value is -2.65. The van der Waals surface area contributed by atoms with Gasteiger partial charge in [0.1, 0.15) is 5.82 Å². The second-order valence-corrected chi connectivity index (χ2v) is 5.35. The summed E-state index contributed by atoms with van der Waals surface area (Å²) in [4.78, 5) is 13.4. The highest BCUT2D eigenvalue weighted by atomic mass is 15.3. The molecule has 0 atom stereocenters. The first kappa shape index (κ1) is 14.3. The SMILES string of the molecule is CN1CCN(c2ccnc(Nc3cccc(C#N)c3)n2)CC1. The summed E-state index contributed by atoms with van der Waals surface area (Å²) in [6.07, 6.45) is 1.76. The number of nitrogens with one attached hydrogen (secondary N) is 1. The maximum absolute atomic E-state index is 8.94. The highest BCUT2D eigenvalue weighted by Crippen LogP contribution is 2.18. The fraction of sp³-hybridized carbons (Fsp3) is 0.312. The van der Waals surface area contributed by atoms with E-state index in [4.69, 9.17) is 5.26 Å². The highest BCUT2D eigenvalue weighted by molar-refractivity contribution is 5.57. The third-order valence-electron chi connectivity index (χ3n) is 3.72. The topological polar surface area (TPSA) is 68.1 Å². The van der Waals surface area contributed by atoms with Gasteiger partial charge in [-0.25, -0.2) is 4.98 Å². The Kier molecular flexibility index (Phi) is 4.17. The van der Waals surface area contributed by atoms with Crippen molar-refractivity contribution in [3.05, 3.63) is 42.1 Å². The van der Waals surface area contributed by atoms with E-state index in [0.29, 0.717) is 11.5 Å². The van der Waals surface area contributed by atoms with Crippen molar-refractivity contribution in [3.8, 4) is 6.07 Å². The average Bonchev–Trinajstić information content (AvgIpc) is 2.56. The summed E-state index contributed by atoms with van der Waals surface area (Å²) in [7, 11) is 2.13. The van der Waals surface area contributed by atoms with Crippen molar-refractivity contribution >= 4 is 17.5 Å². The number of aromatic nitrogens is 2. The van der Waals surface area contributed by atoms with Crippen molar-refractivity contribution in [3.63, 3.8) is 0 Å². The number of rotatable bonds is 3. The molecule has 0 saturated carbocycles. The molecular formula is C16H18N6. The molecule has 3 rings (SSSR count). The molecule has 2 aromatic rings. The van der Waals surface area contributed by atoms with Crippen LogP contribution in [0, 0.1) is 11.3 Å². The van der Waals surface area contributed by atoms with Crippen LogP contribution in [0.5, 0.6) is 0 Å². The van der Waals surface area contributed by atoms with Gasteiger partial charge in [-0.1, -0.05) is 6.07 Å². The molecule has 1 aliphatic rings. The van der Waals surface area contributed by atoms with Crippen molar-refractivity contribution in [1.29, 1.82) is 5.26 Å². The Labute approximate surface area is 130 Å². The summed E-state index contributed by atoms with van der Waals surface area (Å²) >= 11 is 0. The minimum absolute atomic E-state index is 0.548. The molecule has 1 aromatic carbocycles. The standard InChI is InChI=1S/C16H18N6/c1-21-7-9-22(10-8-21)15-5-6-18-16(20-15)19-14-4-2-3-13(11-14)12-17/h2-6,11H,7-10H2,1H3,(H,18,19,20). The van der Waals surface area contributed by atoms with Gasteiger partial charge in [-0.05, 0) is 31.3 Å². The van der Waals surface area contributed by atoms with Crippen LogP contribution < -0.4 is 10.2 Å². The summed E-state index contributed by atoms with van der Waals surface area (Å²) in [6, 6.07) is 11.3. The Morgan fingerprint density at radius 2 is 2.00 bits per heavy atom. The second-order valence-electron chi connectivity index (χ2n) is 5.35. The number of hydrogen-bond acceptors (Lipinski definition) is 6. The van der Waals surface area contributed by atoms with E-state index in [2.05, 4.69) is 38.2 Å². The van der Waals surface area contributed by atoms with E-state index in [1.165, 1.54) is 0 Å². The third kappa shape index (κ3) is 3.32. The minimum atomic E-state index is 0.548. The Morgan fingerprint density at radius 1 is 1.18 bits per heavy atom. The molecule has 0 unspecified atom stereocenters. The Morgan fingerprint density at radius 3 is 2.77 bits per heavy atom. The van der Waals surface area contributed by atoms with Crippen LogP contribution in [0.3, 0.4) is 0 Å². The molecule has 1 fully saturated rings. The lowest BCUT2D eigenvalue weighted by Gasteiger charge is -2.33. The molecule has 0 spiro atoms. The number of piperazine rings is 1. The molecule has 1 aromatic heterocycles. The van der Waals surface area contributed by atoms with Gasteiger partial charge in [0.15, 0.2) is 0 Å². The van der Waals surface area contributed by atoms with Crippen molar-refractivity contribution in [2.24, 2.45) is 0 Å². The van der Waals surface area contributed by atoms with Crippen molar-refractivity contribution in [2.75, 3.05) is 43.4 Å². The molecule has 2 heterocycles.